The first-order valence-corrected chi connectivity index (χ1v) is 14.0. The predicted octanol–water partition coefficient (Wildman–Crippen LogP) is 8.29. The highest BCUT2D eigenvalue weighted by atomic mass is 16.5. The van der Waals surface area contributed by atoms with Crippen molar-refractivity contribution < 1.29 is 9.53 Å². The molecule has 5 aliphatic rings. The monoisotopic (exact) mass is 464 g/mol. The molecule has 188 valence electrons. The van der Waals surface area contributed by atoms with Crippen molar-refractivity contribution in [3.05, 3.63) is 36.0 Å². The smallest absolute Gasteiger partial charge is 0.302 e. The minimum Gasteiger partial charge on any atom is -0.462 e. The number of rotatable bonds is 1. The van der Waals surface area contributed by atoms with Crippen LogP contribution in [-0.2, 0) is 9.53 Å². The van der Waals surface area contributed by atoms with Gasteiger partial charge in [-0.25, -0.2) is 0 Å². The zero-order chi connectivity index (χ0) is 24.9. The van der Waals surface area contributed by atoms with Crippen molar-refractivity contribution in [2.75, 3.05) is 0 Å². The topological polar surface area (TPSA) is 26.3 Å². The second kappa shape index (κ2) is 7.36. The van der Waals surface area contributed by atoms with Gasteiger partial charge in [0, 0.05) is 12.3 Å². The molecule has 9 atom stereocenters. The van der Waals surface area contributed by atoms with Crippen molar-refractivity contribution in [2.45, 2.75) is 106 Å². The van der Waals surface area contributed by atoms with Gasteiger partial charge in [0.05, 0.1) is 0 Å². The Bertz CT molecular complexity index is 969. The minimum atomic E-state index is -0.141. The lowest BCUT2D eigenvalue weighted by molar-refractivity contribution is -0.178. The second-order valence-corrected chi connectivity index (χ2v) is 14.4. The highest BCUT2D eigenvalue weighted by molar-refractivity contribution is 5.66. The van der Waals surface area contributed by atoms with E-state index in [9.17, 15) is 4.79 Å². The molecule has 0 aliphatic heterocycles. The van der Waals surface area contributed by atoms with E-state index < -0.39 is 0 Å². The number of hydrogen-bond donors (Lipinski definition) is 0. The van der Waals surface area contributed by atoms with Crippen LogP contribution in [-0.4, -0.2) is 12.1 Å². The maximum atomic E-state index is 11.9. The first-order chi connectivity index (χ1) is 15.7. The summed E-state index contributed by atoms with van der Waals surface area (Å²) in [4.78, 5) is 11.9. The van der Waals surface area contributed by atoms with Crippen LogP contribution in [0.15, 0.2) is 36.0 Å². The normalized spacial score (nSPS) is 51.4. The molecule has 2 nitrogen and oxygen atoms in total. The molecule has 0 bridgehead atoms. The molecule has 0 aromatic carbocycles. The molecule has 0 saturated heterocycles. The Morgan fingerprint density at radius 1 is 1.06 bits per heavy atom. The van der Waals surface area contributed by atoms with Crippen LogP contribution in [0.2, 0.25) is 0 Å². The summed E-state index contributed by atoms with van der Waals surface area (Å²) in [6.45, 7) is 23.5. The van der Waals surface area contributed by atoms with Crippen molar-refractivity contribution in [3.63, 3.8) is 0 Å². The molecule has 0 N–H and O–H groups in total. The van der Waals surface area contributed by atoms with Crippen LogP contribution in [0.25, 0.3) is 0 Å². The van der Waals surface area contributed by atoms with Gasteiger partial charge in [0.15, 0.2) is 0 Å². The van der Waals surface area contributed by atoms with Crippen LogP contribution >= 0.6 is 0 Å². The van der Waals surface area contributed by atoms with Gasteiger partial charge < -0.3 is 4.74 Å². The second-order valence-electron chi connectivity index (χ2n) is 14.4. The number of hydrogen-bond acceptors (Lipinski definition) is 2. The van der Waals surface area contributed by atoms with Gasteiger partial charge in [-0.15, -0.1) is 0 Å². The molecule has 5 aliphatic carbocycles. The average Bonchev–Trinajstić information content (AvgIpc) is 2.74. The molecular formula is C32H48O2. The van der Waals surface area contributed by atoms with Gasteiger partial charge in [-0.2, -0.15) is 0 Å². The van der Waals surface area contributed by atoms with Crippen LogP contribution in [0.4, 0.5) is 0 Å². The fraction of sp³-hybridized carbons (Fsp3) is 0.781. The first kappa shape index (κ1) is 24.4. The van der Waals surface area contributed by atoms with Gasteiger partial charge in [0.2, 0.25) is 0 Å². The third kappa shape index (κ3) is 2.95. The number of fused-ring (bicyclic) bond motifs is 7. The molecule has 3 saturated carbocycles. The third-order valence-corrected chi connectivity index (χ3v) is 12.6. The van der Waals surface area contributed by atoms with E-state index in [2.05, 4.69) is 73.3 Å². The lowest BCUT2D eigenvalue weighted by Crippen LogP contribution is -2.63. The lowest BCUT2D eigenvalue weighted by Gasteiger charge is -2.69. The Morgan fingerprint density at radius 2 is 1.76 bits per heavy atom. The zero-order valence-electron chi connectivity index (χ0n) is 23.1. The maximum absolute atomic E-state index is 11.9. The standard InChI is InChI=1S/C32H48O2/c1-20-12-15-29(6)18-19-31(8)23(27(29)21(20)2)10-11-25-30(7)16-14-26(34-22(3)33)28(4,5)24(30)13-17-32(25,31)9/h10,13,17,21,24-27H,1,11-12,14-16,18-19H2,2-9H3/t21-,24-,25+,26+,27+,29+,30-,31+,32+/m0/s1. The van der Waals surface area contributed by atoms with E-state index in [0.717, 1.165) is 12.8 Å². The molecule has 3 fully saturated rings. The fourth-order valence-corrected chi connectivity index (χ4v) is 10.3. The molecule has 5 rings (SSSR count). The quantitative estimate of drug-likeness (QED) is 0.288. The molecule has 34 heavy (non-hydrogen) atoms. The van der Waals surface area contributed by atoms with Crippen LogP contribution in [0.3, 0.4) is 0 Å². The molecule has 0 unspecified atom stereocenters. The molecule has 0 amide bonds. The Balaban J connectivity index is 1.57. The van der Waals surface area contributed by atoms with Gasteiger partial charge in [-0.3, -0.25) is 4.79 Å². The Morgan fingerprint density at radius 3 is 2.44 bits per heavy atom. The van der Waals surface area contributed by atoms with E-state index in [1.165, 1.54) is 37.7 Å². The van der Waals surface area contributed by atoms with Crippen LogP contribution < -0.4 is 0 Å². The van der Waals surface area contributed by atoms with Crippen molar-refractivity contribution in [1.82, 2.24) is 0 Å². The van der Waals surface area contributed by atoms with E-state index in [1.807, 2.05) is 0 Å². The summed E-state index contributed by atoms with van der Waals surface area (Å²) in [5, 5.41) is 0. The highest BCUT2D eigenvalue weighted by Crippen LogP contribution is 2.74. The molecule has 0 aromatic heterocycles. The molecule has 0 spiro atoms. The largest absolute Gasteiger partial charge is 0.462 e. The fourth-order valence-electron chi connectivity index (χ4n) is 10.3. The lowest BCUT2D eigenvalue weighted by atomic mass is 9.35. The zero-order valence-corrected chi connectivity index (χ0v) is 23.1. The predicted molar refractivity (Wildman–Crippen MR) is 140 cm³/mol. The first-order valence-electron chi connectivity index (χ1n) is 14.0. The number of esters is 1. The Labute approximate surface area is 208 Å². The summed E-state index contributed by atoms with van der Waals surface area (Å²) in [6, 6.07) is 0. The average molecular weight is 465 g/mol. The molecule has 0 aromatic rings. The van der Waals surface area contributed by atoms with Crippen molar-refractivity contribution in [1.29, 1.82) is 0 Å². The van der Waals surface area contributed by atoms with Crippen LogP contribution in [0.5, 0.6) is 0 Å². The van der Waals surface area contributed by atoms with Gasteiger partial charge in [-0.1, -0.05) is 84.4 Å². The van der Waals surface area contributed by atoms with Crippen molar-refractivity contribution in [2.24, 2.45) is 50.7 Å². The third-order valence-electron chi connectivity index (χ3n) is 12.6. The number of carbonyl (C=O) groups is 1. The molecular weight excluding hydrogens is 416 g/mol. The Hall–Kier alpha value is -1.31. The van der Waals surface area contributed by atoms with E-state index >= 15 is 0 Å². The molecule has 0 heterocycles. The minimum absolute atomic E-state index is 0.00634. The van der Waals surface area contributed by atoms with Gasteiger partial charge >= 0.3 is 5.97 Å². The number of ether oxygens (including phenoxy) is 1. The van der Waals surface area contributed by atoms with Crippen molar-refractivity contribution in [3.8, 4) is 0 Å². The summed E-state index contributed by atoms with van der Waals surface area (Å²) in [5.74, 6) is 2.13. The van der Waals surface area contributed by atoms with Gasteiger partial charge in [0.1, 0.15) is 6.10 Å². The molecule has 0 radical (unpaired) electrons. The SMILES string of the molecule is C=C1CC[C@]2(C)CC[C@]3(C)C(=CC[C@@H]4[C@@]5(C)CC[C@@H](OC(C)=O)C(C)(C)[C@@H]5C=C[C@]43C)[C@H]2[C@H]1C. The van der Waals surface area contributed by atoms with E-state index in [0.29, 0.717) is 29.1 Å². The van der Waals surface area contributed by atoms with Gasteiger partial charge in [0.25, 0.3) is 0 Å². The van der Waals surface area contributed by atoms with Crippen LogP contribution in [0.1, 0.15) is 100 Å². The Kier molecular flexibility index (Phi) is 5.28. The highest BCUT2D eigenvalue weighted by Gasteiger charge is 2.66. The van der Waals surface area contributed by atoms with Crippen LogP contribution in [0, 0.1) is 50.7 Å². The van der Waals surface area contributed by atoms with E-state index in [4.69, 9.17) is 4.74 Å². The van der Waals surface area contributed by atoms with Crippen molar-refractivity contribution >= 4 is 5.97 Å². The number of carbonyl (C=O) groups excluding carboxylic acids is 1. The van der Waals surface area contributed by atoms with E-state index in [1.54, 1.807) is 12.5 Å². The van der Waals surface area contributed by atoms with Gasteiger partial charge in [-0.05, 0) is 90.3 Å². The maximum Gasteiger partial charge on any atom is 0.302 e. The summed E-state index contributed by atoms with van der Waals surface area (Å²) < 4.78 is 5.87. The number of allylic oxidation sites excluding steroid dienone is 5. The summed E-state index contributed by atoms with van der Waals surface area (Å²) in [5.41, 5.74) is 4.17. The summed E-state index contributed by atoms with van der Waals surface area (Å²) >= 11 is 0. The summed E-state index contributed by atoms with van der Waals surface area (Å²) in [6.07, 6.45) is 16.4. The van der Waals surface area contributed by atoms with E-state index in [-0.39, 0.29) is 33.7 Å². The molecule has 2 heteroatoms. The summed E-state index contributed by atoms with van der Waals surface area (Å²) in [7, 11) is 0.